The Kier molecular flexibility index (Phi) is 4.96. The number of hydrogen-bond donors (Lipinski definition) is 2. The molecule has 2 N–H and O–H groups in total. The summed E-state index contributed by atoms with van der Waals surface area (Å²) in [4.78, 5) is 24.8. The maximum Gasteiger partial charge on any atom is 0.317 e. The SMILES string of the molecule is CSC1CCC(NC(=O)N2CCCC(C(=O)O)C2)C1. The molecule has 3 atom stereocenters. The molecule has 2 aliphatic rings. The maximum absolute atomic E-state index is 12.1. The minimum atomic E-state index is -0.791. The zero-order chi connectivity index (χ0) is 13.8. The lowest BCUT2D eigenvalue weighted by atomic mass is 9.99. The number of likely N-dealkylation sites (tertiary alicyclic amines) is 1. The van der Waals surface area contributed by atoms with Crippen molar-refractivity contribution < 1.29 is 14.7 Å². The number of hydrogen-bond acceptors (Lipinski definition) is 3. The fraction of sp³-hybridized carbons (Fsp3) is 0.846. The molecular formula is C13H22N2O3S. The normalized spacial score (nSPS) is 31.2. The highest BCUT2D eigenvalue weighted by Crippen LogP contribution is 2.28. The molecule has 0 aromatic carbocycles. The van der Waals surface area contributed by atoms with Crippen molar-refractivity contribution in [2.24, 2.45) is 5.92 Å². The lowest BCUT2D eigenvalue weighted by molar-refractivity contribution is -0.143. The standard InChI is InChI=1S/C13H22N2O3S/c1-19-11-5-4-10(7-11)14-13(18)15-6-2-3-9(8-15)12(16)17/h9-11H,2-8H2,1H3,(H,14,18)(H,16,17). The minimum Gasteiger partial charge on any atom is -0.481 e. The number of rotatable bonds is 3. The Bertz CT molecular complexity index is 351. The van der Waals surface area contributed by atoms with Gasteiger partial charge in [-0.1, -0.05) is 0 Å². The highest BCUT2D eigenvalue weighted by atomic mass is 32.2. The molecule has 1 saturated heterocycles. The second-order valence-electron chi connectivity index (χ2n) is 5.44. The van der Waals surface area contributed by atoms with Gasteiger partial charge in [0.2, 0.25) is 0 Å². The summed E-state index contributed by atoms with van der Waals surface area (Å²) in [5, 5.41) is 12.7. The molecule has 0 spiro atoms. The van der Waals surface area contributed by atoms with Gasteiger partial charge in [0, 0.05) is 24.4 Å². The monoisotopic (exact) mass is 286 g/mol. The van der Waals surface area contributed by atoms with Crippen LogP contribution in [0.2, 0.25) is 0 Å². The van der Waals surface area contributed by atoms with Gasteiger partial charge in [0.15, 0.2) is 0 Å². The average Bonchev–Trinajstić information content (AvgIpc) is 2.86. The second-order valence-corrected chi connectivity index (χ2v) is 6.58. The van der Waals surface area contributed by atoms with Crippen LogP contribution >= 0.6 is 11.8 Å². The van der Waals surface area contributed by atoms with Crippen LogP contribution in [0.1, 0.15) is 32.1 Å². The predicted octanol–water partition coefficient (Wildman–Crippen LogP) is 1.78. The summed E-state index contributed by atoms with van der Waals surface area (Å²) in [5.41, 5.74) is 0. The number of carboxylic acids is 1. The van der Waals surface area contributed by atoms with E-state index in [1.807, 2.05) is 11.8 Å². The van der Waals surface area contributed by atoms with Crippen LogP contribution in [0.5, 0.6) is 0 Å². The Balaban J connectivity index is 1.81. The van der Waals surface area contributed by atoms with Crippen LogP contribution in [0.15, 0.2) is 0 Å². The van der Waals surface area contributed by atoms with Gasteiger partial charge in [-0.3, -0.25) is 4.79 Å². The van der Waals surface area contributed by atoms with E-state index in [0.717, 1.165) is 25.7 Å². The van der Waals surface area contributed by atoms with E-state index in [1.54, 1.807) is 4.90 Å². The zero-order valence-corrected chi connectivity index (χ0v) is 12.1. The Hall–Kier alpha value is -0.910. The molecule has 6 heteroatoms. The largest absolute Gasteiger partial charge is 0.481 e. The van der Waals surface area contributed by atoms with E-state index in [1.165, 1.54) is 0 Å². The third-order valence-corrected chi connectivity index (χ3v) is 5.20. The number of urea groups is 1. The van der Waals surface area contributed by atoms with Crippen molar-refractivity contribution in [1.82, 2.24) is 10.2 Å². The first-order valence-electron chi connectivity index (χ1n) is 6.91. The minimum absolute atomic E-state index is 0.0855. The molecular weight excluding hydrogens is 264 g/mol. The molecule has 2 amide bonds. The van der Waals surface area contributed by atoms with Crippen LogP contribution in [-0.2, 0) is 4.79 Å². The molecule has 0 aromatic heterocycles. The van der Waals surface area contributed by atoms with Gasteiger partial charge in [-0.25, -0.2) is 4.79 Å². The van der Waals surface area contributed by atoms with Crippen molar-refractivity contribution >= 4 is 23.8 Å². The molecule has 5 nitrogen and oxygen atoms in total. The molecule has 0 bridgehead atoms. The zero-order valence-electron chi connectivity index (χ0n) is 11.3. The first-order chi connectivity index (χ1) is 9.10. The van der Waals surface area contributed by atoms with Gasteiger partial charge in [-0.05, 0) is 38.4 Å². The molecule has 0 radical (unpaired) electrons. The number of piperidine rings is 1. The summed E-state index contributed by atoms with van der Waals surface area (Å²) in [6.07, 6.45) is 6.79. The Morgan fingerprint density at radius 2 is 2.11 bits per heavy atom. The number of nitrogens with zero attached hydrogens (tertiary/aromatic N) is 1. The molecule has 19 heavy (non-hydrogen) atoms. The molecule has 108 valence electrons. The van der Waals surface area contributed by atoms with E-state index in [-0.39, 0.29) is 12.1 Å². The van der Waals surface area contributed by atoms with E-state index >= 15 is 0 Å². The lowest BCUT2D eigenvalue weighted by Gasteiger charge is -2.31. The third kappa shape index (κ3) is 3.78. The number of amides is 2. The Morgan fingerprint density at radius 1 is 1.32 bits per heavy atom. The number of aliphatic carboxylic acids is 1. The van der Waals surface area contributed by atoms with Crippen molar-refractivity contribution in [3.8, 4) is 0 Å². The fourth-order valence-electron chi connectivity index (χ4n) is 2.91. The molecule has 3 unspecified atom stereocenters. The number of carbonyl (C=O) groups excluding carboxylic acids is 1. The number of nitrogens with one attached hydrogen (secondary N) is 1. The molecule has 1 saturated carbocycles. The third-order valence-electron chi connectivity index (χ3n) is 4.10. The predicted molar refractivity (Wildman–Crippen MR) is 75.4 cm³/mol. The molecule has 1 aliphatic heterocycles. The summed E-state index contributed by atoms with van der Waals surface area (Å²) in [5.74, 6) is -1.19. The second kappa shape index (κ2) is 6.50. The first kappa shape index (κ1) is 14.5. The van der Waals surface area contributed by atoms with Crippen molar-refractivity contribution in [3.05, 3.63) is 0 Å². The Morgan fingerprint density at radius 3 is 2.74 bits per heavy atom. The molecule has 2 rings (SSSR count). The van der Waals surface area contributed by atoms with Gasteiger partial charge in [0.1, 0.15) is 0 Å². The lowest BCUT2D eigenvalue weighted by Crippen LogP contribution is -2.49. The van der Waals surface area contributed by atoms with Crippen LogP contribution in [0, 0.1) is 5.92 Å². The maximum atomic E-state index is 12.1. The molecule has 1 heterocycles. The summed E-state index contributed by atoms with van der Waals surface area (Å²) >= 11 is 1.86. The van der Waals surface area contributed by atoms with Crippen LogP contribution in [0.3, 0.4) is 0 Å². The molecule has 1 aliphatic carbocycles. The molecule has 2 fully saturated rings. The highest BCUT2D eigenvalue weighted by Gasteiger charge is 2.31. The van der Waals surface area contributed by atoms with E-state index in [4.69, 9.17) is 5.11 Å². The van der Waals surface area contributed by atoms with E-state index < -0.39 is 11.9 Å². The summed E-state index contributed by atoms with van der Waals surface area (Å²) < 4.78 is 0. The van der Waals surface area contributed by atoms with Crippen LogP contribution in [0.25, 0.3) is 0 Å². The summed E-state index contributed by atoms with van der Waals surface area (Å²) in [6.45, 7) is 1.02. The van der Waals surface area contributed by atoms with Gasteiger partial charge in [-0.2, -0.15) is 11.8 Å². The fourth-order valence-corrected chi connectivity index (χ4v) is 3.71. The van der Waals surface area contributed by atoms with E-state index in [0.29, 0.717) is 24.8 Å². The van der Waals surface area contributed by atoms with Gasteiger partial charge in [0.25, 0.3) is 0 Å². The number of thioether (sulfide) groups is 1. The van der Waals surface area contributed by atoms with Gasteiger partial charge < -0.3 is 15.3 Å². The van der Waals surface area contributed by atoms with Crippen molar-refractivity contribution in [1.29, 1.82) is 0 Å². The van der Waals surface area contributed by atoms with E-state index in [2.05, 4.69) is 11.6 Å². The van der Waals surface area contributed by atoms with E-state index in [9.17, 15) is 9.59 Å². The van der Waals surface area contributed by atoms with Gasteiger partial charge in [-0.15, -0.1) is 0 Å². The quantitative estimate of drug-likeness (QED) is 0.829. The highest BCUT2D eigenvalue weighted by molar-refractivity contribution is 7.99. The summed E-state index contributed by atoms with van der Waals surface area (Å²) in [6, 6.07) is 0.174. The van der Waals surface area contributed by atoms with Crippen molar-refractivity contribution in [2.75, 3.05) is 19.3 Å². The van der Waals surface area contributed by atoms with Crippen molar-refractivity contribution in [3.63, 3.8) is 0 Å². The number of carboxylic acid groups (broad SMARTS) is 1. The van der Waals surface area contributed by atoms with Gasteiger partial charge in [0.05, 0.1) is 5.92 Å². The average molecular weight is 286 g/mol. The van der Waals surface area contributed by atoms with Crippen LogP contribution in [0.4, 0.5) is 4.79 Å². The summed E-state index contributed by atoms with van der Waals surface area (Å²) in [7, 11) is 0. The first-order valence-corrected chi connectivity index (χ1v) is 8.20. The van der Waals surface area contributed by atoms with Gasteiger partial charge >= 0.3 is 12.0 Å². The smallest absolute Gasteiger partial charge is 0.317 e. The number of carbonyl (C=O) groups is 2. The van der Waals surface area contributed by atoms with Crippen molar-refractivity contribution in [2.45, 2.75) is 43.4 Å². The molecule has 0 aromatic rings. The van der Waals surface area contributed by atoms with Crippen LogP contribution < -0.4 is 5.32 Å². The topological polar surface area (TPSA) is 69.6 Å². The Labute approximate surface area is 118 Å². The van der Waals surface area contributed by atoms with Crippen LogP contribution in [-0.4, -0.2) is 52.6 Å².